The summed E-state index contributed by atoms with van der Waals surface area (Å²) >= 11 is 1.23. The Labute approximate surface area is 104 Å². The van der Waals surface area contributed by atoms with Gasteiger partial charge in [0.15, 0.2) is 0 Å². The number of hydrogen-bond acceptors (Lipinski definition) is 5. The summed E-state index contributed by atoms with van der Waals surface area (Å²) in [7, 11) is 1.59. The van der Waals surface area contributed by atoms with E-state index in [9.17, 15) is 4.79 Å². The van der Waals surface area contributed by atoms with Gasteiger partial charge in [0.1, 0.15) is 15.8 Å². The van der Waals surface area contributed by atoms with E-state index in [0.29, 0.717) is 23.0 Å². The highest BCUT2D eigenvalue weighted by Crippen LogP contribution is 2.30. The van der Waals surface area contributed by atoms with Gasteiger partial charge in [-0.2, -0.15) is 5.26 Å². The highest BCUT2D eigenvalue weighted by Gasteiger charge is 2.21. The number of thiophene rings is 1. The molecule has 1 aliphatic heterocycles. The average Bonchev–Trinajstić information content (AvgIpc) is 2.83. The number of carbonyl (C=O) groups excluding carboxylic acids is 1. The minimum atomic E-state index is -0.141. The smallest absolute Gasteiger partial charge is 0.263 e. The second kappa shape index (κ2) is 5.17. The maximum absolute atomic E-state index is 11.7. The van der Waals surface area contributed by atoms with Crippen LogP contribution in [0.5, 0.6) is 0 Å². The van der Waals surface area contributed by atoms with Crippen LogP contribution >= 0.6 is 11.3 Å². The van der Waals surface area contributed by atoms with E-state index in [1.807, 2.05) is 0 Å². The SMILES string of the molecule is CNC(=O)c1sc(C#N)cc1N1CCOCC1. The van der Waals surface area contributed by atoms with Crippen LogP contribution in [0.2, 0.25) is 0 Å². The predicted octanol–water partition coefficient (Wildman–Crippen LogP) is 0.816. The van der Waals surface area contributed by atoms with Gasteiger partial charge in [-0.05, 0) is 6.07 Å². The maximum Gasteiger partial charge on any atom is 0.263 e. The zero-order valence-electron chi connectivity index (χ0n) is 9.52. The van der Waals surface area contributed by atoms with Crippen molar-refractivity contribution in [1.82, 2.24) is 5.32 Å². The maximum atomic E-state index is 11.7. The molecule has 0 spiro atoms. The molecule has 6 heteroatoms. The number of nitrogens with zero attached hydrogens (tertiary/aromatic N) is 2. The molecule has 0 aliphatic carbocycles. The minimum Gasteiger partial charge on any atom is -0.378 e. The zero-order chi connectivity index (χ0) is 12.3. The van der Waals surface area contributed by atoms with Crippen LogP contribution in [0, 0.1) is 11.3 Å². The van der Waals surface area contributed by atoms with Crippen LogP contribution in [0.25, 0.3) is 0 Å². The first kappa shape index (κ1) is 11.9. The van der Waals surface area contributed by atoms with Crippen molar-refractivity contribution in [3.63, 3.8) is 0 Å². The summed E-state index contributed by atoms with van der Waals surface area (Å²) in [6.07, 6.45) is 0. The van der Waals surface area contributed by atoms with E-state index in [0.717, 1.165) is 18.8 Å². The zero-order valence-corrected chi connectivity index (χ0v) is 10.3. The third-order valence-electron chi connectivity index (χ3n) is 2.61. The fourth-order valence-corrected chi connectivity index (χ4v) is 2.68. The highest BCUT2D eigenvalue weighted by molar-refractivity contribution is 7.15. The topological polar surface area (TPSA) is 65.4 Å². The van der Waals surface area contributed by atoms with Crippen LogP contribution in [0.4, 0.5) is 5.69 Å². The predicted molar refractivity (Wildman–Crippen MR) is 65.5 cm³/mol. The largest absolute Gasteiger partial charge is 0.378 e. The summed E-state index contributed by atoms with van der Waals surface area (Å²) in [5.41, 5.74) is 0.842. The Hall–Kier alpha value is -1.58. The highest BCUT2D eigenvalue weighted by atomic mass is 32.1. The van der Waals surface area contributed by atoms with Gasteiger partial charge in [0.2, 0.25) is 0 Å². The van der Waals surface area contributed by atoms with Crippen molar-refractivity contribution in [2.24, 2.45) is 0 Å². The Bertz CT molecular complexity index is 458. The number of amides is 1. The molecule has 0 unspecified atom stereocenters. The van der Waals surface area contributed by atoms with E-state index >= 15 is 0 Å². The molecule has 0 radical (unpaired) electrons. The number of carbonyl (C=O) groups is 1. The summed E-state index contributed by atoms with van der Waals surface area (Å²) in [4.78, 5) is 15.0. The van der Waals surface area contributed by atoms with Crippen molar-refractivity contribution in [3.8, 4) is 6.07 Å². The van der Waals surface area contributed by atoms with Gasteiger partial charge in [0, 0.05) is 20.1 Å². The second-order valence-corrected chi connectivity index (χ2v) is 4.67. The van der Waals surface area contributed by atoms with Gasteiger partial charge in [-0.1, -0.05) is 0 Å². The van der Waals surface area contributed by atoms with Crippen molar-refractivity contribution < 1.29 is 9.53 Å². The Morgan fingerprint density at radius 3 is 2.88 bits per heavy atom. The number of rotatable bonds is 2. The molecule has 0 aromatic carbocycles. The molecule has 2 heterocycles. The van der Waals surface area contributed by atoms with Crippen LogP contribution < -0.4 is 10.2 Å². The van der Waals surface area contributed by atoms with Crippen LogP contribution in [0.3, 0.4) is 0 Å². The van der Waals surface area contributed by atoms with Gasteiger partial charge in [-0.3, -0.25) is 4.79 Å². The first-order chi connectivity index (χ1) is 8.26. The normalized spacial score (nSPS) is 15.4. The lowest BCUT2D eigenvalue weighted by Gasteiger charge is -2.28. The molecular weight excluding hydrogens is 238 g/mol. The van der Waals surface area contributed by atoms with E-state index < -0.39 is 0 Å². The molecule has 1 aromatic heterocycles. The molecule has 0 saturated carbocycles. The van der Waals surface area contributed by atoms with Gasteiger partial charge < -0.3 is 15.0 Å². The first-order valence-corrected chi connectivity index (χ1v) is 6.16. The third-order valence-corrected chi connectivity index (χ3v) is 3.64. The molecule has 17 heavy (non-hydrogen) atoms. The van der Waals surface area contributed by atoms with Crippen molar-refractivity contribution in [1.29, 1.82) is 5.26 Å². The Balaban J connectivity index is 2.33. The summed E-state index contributed by atoms with van der Waals surface area (Å²) in [6.45, 7) is 2.83. The number of nitriles is 1. The Morgan fingerprint density at radius 1 is 1.59 bits per heavy atom. The summed E-state index contributed by atoms with van der Waals surface area (Å²) < 4.78 is 5.28. The summed E-state index contributed by atoms with van der Waals surface area (Å²) in [5.74, 6) is -0.141. The van der Waals surface area contributed by atoms with E-state index in [4.69, 9.17) is 10.00 Å². The molecule has 1 saturated heterocycles. The van der Waals surface area contributed by atoms with Crippen LogP contribution in [0.15, 0.2) is 6.07 Å². The van der Waals surface area contributed by atoms with Gasteiger partial charge in [0.25, 0.3) is 5.91 Å². The third kappa shape index (κ3) is 2.40. The van der Waals surface area contributed by atoms with E-state index in [1.165, 1.54) is 11.3 Å². The van der Waals surface area contributed by atoms with E-state index in [-0.39, 0.29) is 5.91 Å². The Kier molecular flexibility index (Phi) is 3.61. The molecular formula is C11H13N3O2S. The fourth-order valence-electron chi connectivity index (χ4n) is 1.75. The van der Waals surface area contributed by atoms with Crippen molar-refractivity contribution in [2.45, 2.75) is 0 Å². The van der Waals surface area contributed by atoms with E-state index in [2.05, 4.69) is 16.3 Å². The number of hydrogen-bond donors (Lipinski definition) is 1. The van der Waals surface area contributed by atoms with Gasteiger partial charge in [-0.25, -0.2) is 0 Å². The van der Waals surface area contributed by atoms with Crippen LogP contribution in [-0.4, -0.2) is 39.3 Å². The lowest BCUT2D eigenvalue weighted by Crippen LogP contribution is -2.37. The molecule has 2 rings (SSSR count). The number of morpholine rings is 1. The molecule has 1 N–H and O–H groups in total. The second-order valence-electron chi connectivity index (χ2n) is 3.62. The fraction of sp³-hybridized carbons (Fsp3) is 0.455. The lowest BCUT2D eigenvalue weighted by molar-refractivity contribution is 0.0965. The van der Waals surface area contributed by atoms with Gasteiger partial charge >= 0.3 is 0 Å². The van der Waals surface area contributed by atoms with Crippen molar-refractivity contribution in [2.75, 3.05) is 38.3 Å². The quantitative estimate of drug-likeness (QED) is 0.845. The lowest BCUT2D eigenvalue weighted by atomic mass is 10.3. The van der Waals surface area contributed by atoms with Gasteiger partial charge in [0.05, 0.1) is 18.9 Å². The Morgan fingerprint density at radius 2 is 2.29 bits per heavy atom. The minimum absolute atomic E-state index is 0.141. The molecule has 0 bridgehead atoms. The number of nitrogens with one attached hydrogen (secondary N) is 1. The summed E-state index contributed by atoms with van der Waals surface area (Å²) in [5, 5.41) is 11.5. The molecule has 0 atom stereocenters. The molecule has 5 nitrogen and oxygen atoms in total. The summed E-state index contributed by atoms with van der Waals surface area (Å²) in [6, 6.07) is 3.86. The van der Waals surface area contributed by atoms with Crippen molar-refractivity contribution >= 4 is 22.9 Å². The van der Waals surface area contributed by atoms with Crippen LogP contribution in [0.1, 0.15) is 14.5 Å². The van der Waals surface area contributed by atoms with E-state index in [1.54, 1.807) is 13.1 Å². The first-order valence-electron chi connectivity index (χ1n) is 5.35. The molecule has 1 amide bonds. The molecule has 1 aromatic rings. The number of ether oxygens (including phenoxy) is 1. The van der Waals surface area contributed by atoms with Crippen LogP contribution in [-0.2, 0) is 4.74 Å². The van der Waals surface area contributed by atoms with Gasteiger partial charge in [-0.15, -0.1) is 11.3 Å². The number of anilines is 1. The molecule has 90 valence electrons. The standard InChI is InChI=1S/C11H13N3O2S/c1-13-11(15)10-9(6-8(7-12)17-10)14-2-4-16-5-3-14/h6H,2-5H2,1H3,(H,13,15). The molecule has 1 aliphatic rings. The monoisotopic (exact) mass is 251 g/mol. The van der Waals surface area contributed by atoms with Crippen molar-refractivity contribution in [3.05, 3.63) is 15.8 Å². The molecule has 1 fully saturated rings. The average molecular weight is 251 g/mol.